The molecule has 0 radical (unpaired) electrons. The van der Waals surface area contributed by atoms with Crippen molar-refractivity contribution in [2.75, 3.05) is 0 Å². The molecular formula is C63H36BF24N. The molecule has 0 bridgehead atoms. The van der Waals surface area contributed by atoms with Crippen LogP contribution in [0.4, 0.5) is 105 Å². The summed E-state index contributed by atoms with van der Waals surface area (Å²) in [5.41, 5.74) is -24.9. The molecular weight excluding hydrogens is 1240 g/mol. The number of halogens is 24. The summed E-state index contributed by atoms with van der Waals surface area (Å²) in [6, 6.07) is 35.1. The van der Waals surface area contributed by atoms with Crippen LogP contribution in [0.5, 0.6) is 0 Å². The van der Waals surface area contributed by atoms with Crippen molar-refractivity contribution < 1.29 is 110 Å². The Morgan fingerprint density at radius 3 is 0.865 bits per heavy atom. The van der Waals surface area contributed by atoms with Crippen LogP contribution in [0.2, 0.25) is 0 Å². The van der Waals surface area contributed by atoms with Gasteiger partial charge < -0.3 is 0 Å². The minimum absolute atomic E-state index is 0.691. The van der Waals surface area contributed by atoms with Gasteiger partial charge in [-0.25, -0.2) is 0 Å². The molecule has 0 amide bonds. The molecule has 10 rings (SSSR count). The van der Waals surface area contributed by atoms with Gasteiger partial charge in [-0.3, -0.25) is 0 Å². The number of benzene rings is 9. The van der Waals surface area contributed by atoms with Crippen LogP contribution >= 0.6 is 0 Å². The molecule has 0 fully saturated rings. The van der Waals surface area contributed by atoms with Crippen LogP contribution in [0.15, 0.2) is 194 Å². The van der Waals surface area contributed by atoms with Gasteiger partial charge in [0.15, 0.2) is 12.2 Å². The van der Waals surface area contributed by atoms with Gasteiger partial charge in [0.1, 0.15) is 6.15 Å². The van der Waals surface area contributed by atoms with E-state index < -0.39 is 195 Å². The predicted molar refractivity (Wildman–Crippen MR) is 284 cm³/mol. The van der Waals surface area contributed by atoms with E-state index in [4.69, 9.17) is 0 Å². The number of hydrogen-bond donors (Lipinski definition) is 0. The summed E-state index contributed by atoms with van der Waals surface area (Å²) in [4.78, 5) is 0. The van der Waals surface area contributed by atoms with Crippen LogP contribution in [-0.4, -0.2) is 6.15 Å². The second-order valence-electron chi connectivity index (χ2n) is 20.7. The van der Waals surface area contributed by atoms with Gasteiger partial charge in [0.25, 0.3) is 0 Å². The summed E-state index contributed by atoms with van der Waals surface area (Å²) in [7, 11) is 0. The summed E-state index contributed by atoms with van der Waals surface area (Å²) in [6.07, 6.45) is -53.9. The molecule has 0 aliphatic rings. The quantitative estimate of drug-likeness (QED) is 0.0618. The molecule has 0 saturated carbocycles. The maximum absolute atomic E-state index is 14.2. The fourth-order valence-corrected chi connectivity index (χ4v) is 11.0. The highest BCUT2D eigenvalue weighted by molar-refractivity contribution is 7.20. The van der Waals surface area contributed by atoms with E-state index in [-0.39, 0.29) is 0 Å². The van der Waals surface area contributed by atoms with Crippen LogP contribution in [0.25, 0.3) is 32.4 Å². The summed E-state index contributed by atoms with van der Waals surface area (Å²) < 4.78 is 343. The van der Waals surface area contributed by atoms with Crippen LogP contribution in [-0.2, 0) is 62.4 Å². The molecule has 10 aromatic rings. The molecule has 0 N–H and O–H groups in total. The molecule has 0 atom stereocenters. The van der Waals surface area contributed by atoms with Gasteiger partial charge >= 0.3 is 49.4 Å². The first-order valence-corrected chi connectivity index (χ1v) is 25.8. The normalized spacial score (nSPS) is 13.3. The highest BCUT2D eigenvalue weighted by atomic mass is 19.4. The molecule has 1 heterocycles. The van der Waals surface area contributed by atoms with Crippen molar-refractivity contribution in [3.63, 3.8) is 0 Å². The van der Waals surface area contributed by atoms with Crippen molar-refractivity contribution in [3.8, 4) is 0 Å². The Morgan fingerprint density at radius 1 is 0.270 bits per heavy atom. The van der Waals surface area contributed by atoms with E-state index in [0.29, 0.717) is 0 Å². The fourth-order valence-electron chi connectivity index (χ4n) is 11.0. The van der Waals surface area contributed by atoms with Crippen LogP contribution < -0.4 is 26.4 Å². The maximum atomic E-state index is 14.2. The zero-order valence-corrected chi connectivity index (χ0v) is 44.5. The summed E-state index contributed by atoms with van der Waals surface area (Å²) in [6.45, 7) is 0.861. The SMILES string of the molecule is FC(F)(F)c1cc([B-](c2cc(C(F)(F)F)cc(C(F)(F)F)c2)(c2cc(C(F)(F)F)cc(C(F)(F)F)c2)c2cc(C(F)(F)F)cc(C(F)(F)F)c2)cc(C(F)(F)F)c1.c1ccc(C[n+]2c(Cc3c4ccccc4cc4ccccc34)ccc3ccccc32)cc1. The highest BCUT2D eigenvalue weighted by Gasteiger charge is 2.47. The van der Waals surface area contributed by atoms with Gasteiger partial charge in [-0.15, -0.1) is 0 Å². The first-order chi connectivity index (χ1) is 41.1. The third-order valence-corrected chi connectivity index (χ3v) is 14.9. The lowest BCUT2D eigenvalue weighted by atomic mass is 9.12. The number of para-hydroxylation sites is 1. The smallest absolute Gasteiger partial charge is 0.194 e. The average Bonchev–Trinajstić information content (AvgIpc) is 0.727. The first kappa shape index (κ1) is 64.8. The van der Waals surface area contributed by atoms with Crippen molar-refractivity contribution in [2.45, 2.75) is 62.4 Å². The third kappa shape index (κ3) is 13.8. The zero-order valence-electron chi connectivity index (χ0n) is 44.5. The summed E-state index contributed by atoms with van der Waals surface area (Å²) in [5, 5.41) is 6.55. The van der Waals surface area contributed by atoms with Crippen LogP contribution in [0, 0.1) is 0 Å². The molecule has 0 aliphatic carbocycles. The van der Waals surface area contributed by atoms with Gasteiger partial charge in [0.2, 0.25) is 5.52 Å². The largest absolute Gasteiger partial charge is 0.416 e. The Labute approximate surface area is 487 Å². The molecule has 89 heavy (non-hydrogen) atoms. The number of hydrogen-bond acceptors (Lipinski definition) is 0. The van der Waals surface area contributed by atoms with Gasteiger partial charge in [0.05, 0.1) is 50.9 Å². The lowest BCUT2D eigenvalue weighted by molar-refractivity contribution is -0.669. The average molecular weight is 1270 g/mol. The van der Waals surface area contributed by atoms with Crippen molar-refractivity contribution in [1.29, 1.82) is 0 Å². The number of nitrogens with zero attached hydrogens (tertiary/aromatic N) is 1. The molecule has 1 nitrogen and oxygen atoms in total. The van der Waals surface area contributed by atoms with Crippen LogP contribution in [0.3, 0.4) is 0 Å². The molecule has 0 spiro atoms. The molecule has 0 saturated heterocycles. The number of fused-ring (bicyclic) bond motifs is 3. The Kier molecular flexibility index (Phi) is 16.8. The second-order valence-corrected chi connectivity index (χ2v) is 20.7. The van der Waals surface area contributed by atoms with Crippen molar-refractivity contribution in [1.82, 2.24) is 0 Å². The van der Waals surface area contributed by atoms with Crippen molar-refractivity contribution >= 4 is 60.4 Å². The Bertz CT molecular complexity index is 3770. The number of pyridine rings is 1. The van der Waals surface area contributed by atoms with E-state index in [1.807, 2.05) is 0 Å². The monoisotopic (exact) mass is 1270 g/mol. The van der Waals surface area contributed by atoms with E-state index in [0.717, 1.165) is 13.0 Å². The Balaban J connectivity index is 0.000000245. The molecule has 9 aromatic carbocycles. The van der Waals surface area contributed by atoms with Gasteiger partial charge in [-0.05, 0) is 69.6 Å². The summed E-state index contributed by atoms with van der Waals surface area (Å²) >= 11 is 0. The molecule has 26 heteroatoms. The van der Waals surface area contributed by atoms with E-state index in [1.54, 1.807) is 0 Å². The second kappa shape index (κ2) is 23.0. The lowest BCUT2D eigenvalue weighted by Crippen LogP contribution is -2.75. The lowest BCUT2D eigenvalue weighted by Gasteiger charge is -2.46. The zero-order chi connectivity index (χ0) is 65.2. The number of aromatic nitrogens is 1. The topological polar surface area (TPSA) is 3.88 Å². The van der Waals surface area contributed by atoms with Gasteiger partial charge in [0, 0.05) is 23.1 Å². The predicted octanol–water partition coefficient (Wildman–Crippen LogP) is 18.3. The highest BCUT2D eigenvalue weighted by Crippen LogP contribution is 2.42. The minimum Gasteiger partial charge on any atom is -0.194 e. The molecule has 464 valence electrons. The van der Waals surface area contributed by atoms with Crippen LogP contribution in [0.1, 0.15) is 61.3 Å². The number of rotatable bonds is 8. The third-order valence-electron chi connectivity index (χ3n) is 14.9. The maximum Gasteiger partial charge on any atom is 0.416 e. The number of alkyl halides is 24. The van der Waals surface area contributed by atoms with E-state index in [1.165, 1.54) is 49.3 Å². The first-order valence-electron chi connectivity index (χ1n) is 25.8. The molecule has 0 unspecified atom stereocenters. The van der Waals surface area contributed by atoms with Gasteiger partial charge in [-0.2, -0.15) is 132 Å². The molecule has 1 aromatic heterocycles. The molecule has 0 aliphatic heterocycles. The van der Waals surface area contributed by atoms with E-state index >= 15 is 0 Å². The van der Waals surface area contributed by atoms with Crippen molar-refractivity contribution in [3.05, 3.63) is 255 Å². The minimum atomic E-state index is -6.13. The van der Waals surface area contributed by atoms with Crippen molar-refractivity contribution in [2.24, 2.45) is 0 Å². The van der Waals surface area contributed by atoms with E-state index in [9.17, 15) is 105 Å². The standard InChI is InChI=1S/C32H12BF24.C31H24N/c34-25(35,36)13-1-14(26(37,38)39)6-21(5-13)33(22-7-15(27(40,41)42)2-16(8-22)28(43,44)45,23-9-17(29(46,47)48)3-18(10-23)30(49,50)51)24-11-19(31(52,53)54)4-20(12-24)32(55,56)57;1-2-10-23(11-3-1)22-32-27(19-18-24-12-6-9-17-31(24)32)21-30-28-15-7-4-13-25(28)20-26-14-5-8-16-29(26)30/h1-12H;1-20H,21-22H2/q-1;+1. The van der Waals surface area contributed by atoms with E-state index in [2.05, 4.69) is 126 Å². The Morgan fingerprint density at radius 2 is 0.551 bits per heavy atom. The summed E-state index contributed by atoms with van der Waals surface area (Å²) in [5.74, 6) is 0. The fraction of sp³-hybridized carbons (Fsp3) is 0.159. The Hall–Kier alpha value is -8.71. The van der Waals surface area contributed by atoms with Gasteiger partial charge in [-0.1, -0.05) is 140 Å².